The number of hydrogen-bond donors (Lipinski definition) is 0. The highest BCUT2D eigenvalue weighted by molar-refractivity contribution is 9.11. The molecule has 0 aromatic heterocycles. The maximum Gasteiger partial charge on any atom is 0.0234 e. The number of halogens is 2. The Balaban J connectivity index is 2.02. The summed E-state index contributed by atoms with van der Waals surface area (Å²) in [7, 11) is 0. The second-order valence-electron chi connectivity index (χ2n) is 4.11. The zero-order valence-electron chi connectivity index (χ0n) is 8.68. The molecule has 0 N–H and O–H groups in total. The van der Waals surface area contributed by atoms with E-state index in [2.05, 4.69) is 55.0 Å². The molecule has 0 saturated carbocycles. The Morgan fingerprint density at radius 1 is 0.933 bits per heavy atom. The molecule has 2 rings (SSSR count). The van der Waals surface area contributed by atoms with E-state index >= 15 is 0 Å². The van der Waals surface area contributed by atoms with Crippen molar-refractivity contribution >= 4 is 31.9 Å². The standard InChI is InChI=1S/C12H15Br2N/c13-11-6-10(7-12(14)8-11)9-15-4-2-1-3-5-15/h6-8H,1-5,9H2. The van der Waals surface area contributed by atoms with Crippen LogP contribution in [0.2, 0.25) is 0 Å². The van der Waals surface area contributed by atoms with Gasteiger partial charge in [-0.15, -0.1) is 0 Å². The minimum absolute atomic E-state index is 1.08. The first-order valence-corrected chi connectivity index (χ1v) is 7.00. The van der Waals surface area contributed by atoms with Crippen LogP contribution in [0.5, 0.6) is 0 Å². The number of hydrogen-bond acceptors (Lipinski definition) is 1. The predicted molar refractivity (Wildman–Crippen MR) is 71.0 cm³/mol. The quantitative estimate of drug-likeness (QED) is 0.784. The molecule has 0 radical (unpaired) electrons. The molecule has 1 aliphatic heterocycles. The molecule has 1 aromatic rings. The van der Waals surface area contributed by atoms with Crippen molar-refractivity contribution < 1.29 is 0 Å². The third-order valence-corrected chi connectivity index (χ3v) is 3.69. The Bertz CT molecular complexity index is 312. The second kappa shape index (κ2) is 5.46. The van der Waals surface area contributed by atoms with E-state index in [1.54, 1.807) is 0 Å². The van der Waals surface area contributed by atoms with E-state index in [0.717, 1.165) is 15.5 Å². The normalized spacial score (nSPS) is 18.0. The van der Waals surface area contributed by atoms with E-state index < -0.39 is 0 Å². The molecule has 0 unspecified atom stereocenters. The van der Waals surface area contributed by atoms with Crippen LogP contribution in [0.4, 0.5) is 0 Å². The molecule has 1 aliphatic rings. The van der Waals surface area contributed by atoms with Crippen LogP contribution >= 0.6 is 31.9 Å². The van der Waals surface area contributed by atoms with Crippen molar-refractivity contribution in [3.05, 3.63) is 32.7 Å². The molecule has 0 amide bonds. The smallest absolute Gasteiger partial charge is 0.0234 e. The lowest BCUT2D eigenvalue weighted by Crippen LogP contribution is -2.29. The van der Waals surface area contributed by atoms with Gasteiger partial charge in [-0.3, -0.25) is 4.90 Å². The lowest BCUT2D eigenvalue weighted by molar-refractivity contribution is 0.221. The Morgan fingerprint density at radius 2 is 1.53 bits per heavy atom. The fourth-order valence-corrected chi connectivity index (χ4v) is 3.47. The minimum atomic E-state index is 1.08. The molecule has 0 bridgehead atoms. The summed E-state index contributed by atoms with van der Waals surface area (Å²) in [5, 5.41) is 0. The van der Waals surface area contributed by atoms with Gasteiger partial charge in [0.2, 0.25) is 0 Å². The summed E-state index contributed by atoms with van der Waals surface area (Å²) in [6.45, 7) is 3.59. The third kappa shape index (κ3) is 3.58. The van der Waals surface area contributed by atoms with Crippen molar-refractivity contribution in [3.63, 3.8) is 0 Å². The first-order valence-electron chi connectivity index (χ1n) is 5.41. The fraction of sp³-hybridized carbons (Fsp3) is 0.500. The van der Waals surface area contributed by atoms with Gasteiger partial charge in [-0.2, -0.15) is 0 Å². The van der Waals surface area contributed by atoms with Gasteiger partial charge in [0.25, 0.3) is 0 Å². The van der Waals surface area contributed by atoms with E-state index in [1.165, 1.54) is 37.9 Å². The van der Waals surface area contributed by atoms with E-state index in [9.17, 15) is 0 Å². The Hall–Kier alpha value is 0.140. The molecular weight excluding hydrogens is 318 g/mol. The summed E-state index contributed by atoms with van der Waals surface area (Å²) < 4.78 is 2.31. The van der Waals surface area contributed by atoms with Gasteiger partial charge in [-0.05, 0) is 49.7 Å². The number of rotatable bonds is 2. The Morgan fingerprint density at radius 3 is 2.13 bits per heavy atom. The molecular formula is C12H15Br2N. The molecule has 0 spiro atoms. The van der Waals surface area contributed by atoms with Crippen molar-refractivity contribution in [2.75, 3.05) is 13.1 Å². The zero-order valence-corrected chi connectivity index (χ0v) is 11.8. The third-order valence-electron chi connectivity index (χ3n) is 2.78. The van der Waals surface area contributed by atoms with Gasteiger partial charge in [-0.25, -0.2) is 0 Å². The molecule has 15 heavy (non-hydrogen) atoms. The number of likely N-dealkylation sites (tertiary alicyclic amines) is 1. The average molecular weight is 333 g/mol. The molecule has 82 valence electrons. The van der Waals surface area contributed by atoms with Crippen LogP contribution in [-0.4, -0.2) is 18.0 Å². The van der Waals surface area contributed by atoms with Gasteiger partial charge in [0.05, 0.1) is 0 Å². The lowest BCUT2D eigenvalue weighted by atomic mass is 10.1. The van der Waals surface area contributed by atoms with E-state index in [1.807, 2.05) is 0 Å². The summed E-state index contributed by atoms with van der Waals surface area (Å²) >= 11 is 7.06. The number of piperidine rings is 1. The highest BCUT2D eigenvalue weighted by Crippen LogP contribution is 2.22. The van der Waals surface area contributed by atoms with Gasteiger partial charge in [-0.1, -0.05) is 38.3 Å². The minimum Gasteiger partial charge on any atom is -0.299 e. The van der Waals surface area contributed by atoms with E-state index in [4.69, 9.17) is 0 Å². The van der Waals surface area contributed by atoms with Gasteiger partial charge < -0.3 is 0 Å². The van der Waals surface area contributed by atoms with Gasteiger partial charge in [0.15, 0.2) is 0 Å². The highest BCUT2D eigenvalue weighted by Gasteiger charge is 2.10. The van der Waals surface area contributed by atoms with Crippen LogP contribution in [0.3, 0.4) is 0 Å². The van der Waals surface area contributed by atoms with Crippen molar-refractivity contribution in [2.45, 2.75) is 25.8 Å². The molecule has 1 aromatic carbocycles. The monoisotopic (exact) mass is 331 g/mol. The second-order valence-corrected chi connectivity index (χ2v) is 5.95. The fourth-order valence-electron chi connectivity index (χ4n) is 2.08. The van der Waals surface area contributed by atoms with Crippen molar-refractivity contribution in [1.82, 2.24) is 4.90 Å². The van der Waals surface area contributed by atoms with E-state index in [-0.39, 0.29) is 0 Å². The largest absolute Gasteiger partial charge is 0.299 e. The van der Waals surface area contributed by atoms with Gasteiger partial charge in [0, 0.05) is 15.5 Å². The van der Waals surface area contributed by atoms with Crippen LogP contribution in [0.1, 0.15) is 24.8 Å². The summed E-state index contributed by atoms with van der Waals surface area (Å²) in [6.07, 6.45) is 4.11. The Labute approximate surface area is 108 Å². The average Bonchev–Trinajstić information content (AvgIpc) is 2.17. The molecule has 0 atom stereocenters. The molecule has 1 fully saturated rings. The lowest BCUT2D eigenvalue weighted by Gasteiger charge is -2.26. The molecule has 1 heterocycles. The molecule has 0 aliphatic carbocycles. The SMILES string of the molecule is Brc1cc(Br)cc(CN2CCCCC2)c1. The molecule has 1 nitrogen and oxygen atoms in total. The summed E-state index contributed by atoms with van der Waals surface area (Å²) in [5.74, 6) is 0. The van der Waals surface area contributed by atoms with Crippen molar-refractivity contribution in [1.29, 1.82) is 0 Å². The maximum atomic E-state index is 3.53. The zero-order chi connectivity index (χ0) is 10.7. The highest BCUT2D eigenvalue weighted by atomic mass is 79.9. The molecule has 1 saturated heterocycles. The van der Waals surface area contributed by atoms with Gasteiger partial charge in [0.1, 0.15) is 0 Å². The molecule has 3 heteroatoms. The summed E-state index contributed by atoms with van der Waals surface area (Å²) in [5.41, 5.74) is 1.39. The van der Waals surface area contributed by atoms with Gasteiger partial charge >= 0.3 is 0 Å². The Kier molecular flexibility index (Phi) is 4.23. The van der Waals surface area contributed by atoms with Crippen LogP contribution in [0, 0.1) is 0 Å². The predicted octanol–water partition coefficient (Wildman–Crippen LogP) is 4.20. The number of nitrogens with zero attached hydrogens (tertiary/aromatic N) is 1. The van der Waals surface area contributed by atoms with Crippen LogP contribution in [-0.2, 0) is 6.54 Å². The van der Waals surface area contributed by atoms with E-state index in [0.29, 0.717) is 0 Å². The first kappa shape index (κ1) is 11.6. The topological polar surface area (TPSA) is 3.24 Å². The van der Waals surface area contributed by atoms with Crippen LogP contribution in [0.25, 0.3) is 0 Å². The maximum absolute atomic E-state index is 3.53. The van der Waals surface area contributed by atoms with Crippen LogP contribution in [0.15, 0.2) is 27.1 Å². The first-order chi connectivity index (χ1) is 7.24. The summed E-state index contributed by atoms with van der Waals surface area (Å²) in [6, 6.07) is 6.50. The van der Waals surface area contributed by atoms with Crippen molar-refractivity contribution in [3.8, 4) is 0 Å². The summed E-state index contributed by atoms with van der Waals surface area (Å²) in [4.78, 5) is 2.54. The van der Waals surface area contributed by atoms with Crippen molar-refractivity contribution in [2.24, 2.45) is 0 Å². The van der Waals surface area contributed by atoms with Crippen LogP contribution < -0.4 is 0 Å². The number of benzene rings is 1.